The van der Waals surface area contributed by atoms with Crippen molar-refractivity contribution in [3.63, 3.8) is 0 Å². The summed E-state index contributed by atoms with van der Waals surface area (Å²) < 4.78 is 28.1. The molecule has 0 aromatic carbocycles. The molecule has 1 rings (SSSR count). The summed E-state index contributed by atoms with van der Waals surface area (Å²) in [5.74, 6) is 0.367. The summed E-state index contributed by atoms with van der Waals surface area (Å²) in [6.07, 6.45) is 0.438. The first-order chi connectivity index (χ1) is 8.28. The predicted octanol–water partition coefficient (Wildman–Crippen LogP) is 2.45. The highest BCUT2D eigenvalue weighted by atomic mass is 35.5. The van der Waals surface area contributed by atoms with E-state index in [2.05, 4.69) is 9.82 Å². The van der Waals surface area contributed by atoms with Gasteiger partial charge in [0.15, 0.2) is 0 Å². The lowest BCUT2D eigenvalue weighted by molar-refractivity contribution is 0.516. The molecule has 0 saturated carbocycles. The van der Waals surface area contributed by atoms with E-state index in [-0.39, 0.29) is 11.8 Å². The van der Waals surface area contributed by atoms with E-state index in [1.54, 1.807) is 6.92 Å². The number of sulfonamides is 1. The van der Waals surface area contributed by atoms with Gasteiger partial charge < -0.3 is 0 Å². The van der Waals surface area contributed by atoms with Gasteiger partial charge in [-0.2, -0.15) is 5.10 Å². The first-order valence-corrected chi connectivity index (χ1v) is 8.09. The number of halogens is 1. The van der Waals surface area contributed by atoms with Crippen molar-refractivity contribution in [3.05, 3.63) is 11.4 Å². The fourth-order valence-corrected chi connectivity index (χ4v) is 3.29. The molecule has 0 radical (unpaired) electrons. The molecular weight excluding hydrogens is 274 g/mol. The topological polar surface area (TPSA) is 64.0 Å². The first kappa shape index (κ1) is 15.3. The van der Waals surface area contributed by atoms with Crippen LogP contribution in [0.1, 0.15) is 37.7 Å². The van der Waals surface area contributed by atoms with E-state index in [0.717, 1.165) is 5.69 Å². The summed E-state index contributed by atoms with van der Waals surface area (Å²) >= 11 is 5.51. The Morgan fingerprint density at radius 3 is 2.44 bits per heavy atom. The number of nitrogens with zero attached hydrogens (tertiary/aromatic N) is 2. The molecule has 0 fully saturated rings. The van der Waals surface area contributed by atoms with Gasteiger partial charge >= 0.3 is 0 Å². The average molecular weight is 294 g/mol. The molecule has 0 aliphatic rings. The molecule has 0 saturated heterocycles. The summed E-state index contributed by atoms with van der Waals surface area (Å²) in [7, 11) is -3.34. The van der Waals surface area contributed by atoms with Crippen LogP contribution in [0.2, 0.25) is 0 Å². The Bertz CT molecular complexity index is 509. The van der Waals surface area contributed by atoms with Crippen molar-refractivity contribution < 1.29 is 8.42 Å². The number of rotatable bonds is 6. The molecule has 0 aliphatic heterocycles. The van der Waals surface area contributed by atoms with Crippen LogP contribution in [0, 0.1) is 13.8 Å². The number of nitrogens with one attached hydrogen (secondary N) is 1. The minimum atomic E-state index is -3.34. The molecule has 1 aromatic heterocycles. The van der Waals surface area contributed by atoms with E-state index in [1.165, 1.54) is 0 Å². The van der Waals surface area contributed by atoms with Gasteiger partial charge in [0.05, 0.1) is 22.8 Å². The van der Waals surface area contributed by atoms with Crippen LogP contribution in [-0.4, -0.2) is 29.8 Å². The van der Waals surface area contributed by atoms with Gasteiger partial charge in [0.1, 0.15) is 0 Å². The molecule has 0 aliphatic carbocycles. The Balaban J connectivity index is 2.98. The Hall–Kier alpha value is -0.750. The van der Waals surface area contributed by atoms with Crippen LogP contribution in [0.3, 0.4) is 0 Å². The number of aromatic nitrogens is 2. The molecule has 7 heteroatoms. The van der Waals surface area contributed by atoms with E-state index in [9.17, 15) is 8.42 Å². The third kappa shape index (κ3) is 3.62. The summed E-state index contributed by atoms with van der Waals surface area (Å²) in [5, 5.41) is 4.34. The number of hydrogen-bond donors (Lipinski definition) is 1. The average Bonchev–Trinajstić information content (AvgIpc) is 2.54. The van der Waals surface area contributed by atoms with Crippen LogP contribution >= 0.6 is 11.6 Å². The van der Waals surface area contributed by atoms with E-state index >= 15 is 0 Å². The van der Waals surface area contributed by atoms with Gasteiger partial charge in [-0.05, 0) is 34.1 Å². The molecule has 0 bridgehead atoms. The Morgan fingerprint density at radius 2 is 2.00 bits per heavy atom. The van der Waals surface area contributed by atoms with E-state index in [1.807, 2.05) is 25.5 Å². The normalized spacial score (nSPS) is 12.1. The second-order valence-corrected chi connectivity index (χ2v) is 6.77. The molecule has 104 valence electrons. The van der Waals surface area contributed by atoms with Gasteiger partial charge in [0, 0.05) is 11.9 Å². The monoisotopic (exact) mass is 293 g/mol. The third-order valence-electron chi connectivity index (χ3n) is 2.62. The molecule has 1 aromatic rings. The van der Waals surface area contributed by atoms with Crippen LogP contribution in [0.25, 0.3) is 0 Å². The molecule has 1 N–H and O–H groups in total. The van der Waals surface area contributed by atoms with Crippen LogP contribution in [-0.2, 0) is 10.0 Å². The van der Waals surface area contributed by atoms with Crippen LogP contribution < -0.4 is 4.72 Å². The van der Waals surface area contributed by atoms with Gasteiger partial charge in [-0.15, -0.1) is 11.6 Å². The maximum Gasteiger partial charge on any atom is 0.232 e. The van der Waals surface area contributed by atoms with E-state index in [4.69, 9.17) is 11.6 Å². The summed E-state index contributed by atoms with van der Waals surface area (Å²) in [6, 6.07) is 0.199. The molecule has 5 nitrogen and oxygen atoms in total. The maximum atomic E-state index is 11.8. The number of aryl methyl sites for hydroxylation is 1. The molecular formula is C11H20ClN3O2S. The van der Waals surface area contributed by atoms with E-state index in [0.29, 0.717) is 23.7 Å². The summed E-state index contributed by atoms with van der Waals surface area (Å²) in [5.41, 5.74) is 2.10. The summed E-state index contributed by atoms with van der Waals surface area (Å²) in [4.78, 5) is 0. The Kier molecular flexibility index (Phi) is 5.04. The second kappa shape index (κ2) is 5.93. The smallest absolute Gasteiger partial charge is 0.232 e. The minimum Gasteiger partial charge on any atom is -0.280 e. The lowest BCUT2D eigenvalue weighted by Crippen LogP contribution is -2.18. The molecule has 0 amide bonds. The zero-order valence-corrected chi connectivity index (χ0v) is 12.8. The fourth-order valence-electron chi connectivity index (χ4n) is 1.76. The van der Waals surface area contributed by atoms with Crippen molar-refractivity contribution in [3.8, 4) is 0 Å². The quantitative estimate of drug-likeness (QED) is 0.820. The largest absolute Gasteiger partial charge is 0.280 e. The molecule has 1 heterocycles. The minimum absolute atomic E-state index is 0.0300. The fraction of sp³-hybridized carbons (Fsp3) is 0.727. The molecule has 0 atom stereocenters. The van der Waals surface area contributed by atoms with Crippen molar-refractivity contribution in [2.75, 3.05) is 16.4 Å². The number of alkyl halides is 1. The van der Waals surface area contributed by atoms with Gasteiger partial charge in [0.2, 0.25) is 10.0 Å². The van der Waals surface area contributed by atoms with Gasteiger partial charge in [0.25, 0.3) is 0 Å². The SMILES string of the molecule is Cc1nn(C(C)C)c(C)c1NS(=O)(=O)CCCCl. The van der Waals surface area contributed by atoms with Gasteiger partial charge in [-0.3, -0.25) is 9.40 Å². The Labute approximate surface area is 114 Å². The predicted molar refractivity (Wildman–Crippen MR) is 74.8 cm³/mol. The lowest BCUT2D eigenvalue weighted by atomic mass is 10.3. The zero-order valence-electron chi connectivity index (χ0n) is 11.2. The molecule has 0 spiro atoms. The first-order valence-electron chi connectivity index (χ1n) is 5.90. The lowest BCUT2D eigenvalue weighted by Gasteiger charge is -2.10. The maximum absolute atomic E-state index is 11.8. The molecule has 0 unspecified atom stereocenters. The summed E-state index contributed by atoms with van der Waals surface area (Å²) in [6.45, 7) is 7.67. The number of anilines is 1. The second-order valence-electron chi connectivity index (χ2n) is 4.55. The van der Waals surface area contributed by atoms with Crippen molar-refractivity contribution in [2.45, 2.75) is 40.2 Å². The van der Waals surface area contributed by atoms with Crippen LogP contribution in [0.5, 0.6) is 0 Å². The highest BCUT2D eigenvalue weighted by molar-refractivity contribution is 7.92. The Morgan fingerprint density at radius 1 is 1.39 bits per heavy atom. The highest BCUT2D eigenvalue weighted by Crippen LogP contribution is 2.23. The third-order valence-corrected chi connectivity index (χ3v) is 4.23. The van der Waals surface area contributed by atoms with Crippen molar-refractivity contribution in [2.24, 2.45) is 0 Å². The van der Waals surface area contributed by atoms with E-state index < -0.39 is 10.0 Å². The zero-order chi connectivity index (χ0) is 13.9. The number of hydrogen-bond acceptors (Lipinski definition) is 3. The molecule has 18 heavy (non-hydrogen) atoms. The van der Waals surface area contributed by atoms with Crippen LogP contribution in [0.15, 0.2) is 0 Å². The van der Waals surface area contributed by atoms with Crippen molar-refractivity contribution >= 4 is 27.3 Å². The van der Waals surface area contributed by atoms with Crippen LogP contribution in [0.4, 0.5) is 5.69 Å². The highest BCUT2D eigenvalue weighted by Gasteiger charge is 2.18. The van der Waals surface area contributed by atoms with Gasteiger partial charge in [-0.25, -0.2) is 8.42 Å². The standard InChI is InChI=1S/C11H20ClN3O2S/c1-8(2)15-10(4)11(9(3)13-15)14-18(16,17)7-5-6-12/h8,14H,5-7H2,1-4H3. The van der Waals surface area contributed by atoms with Crippen molar-refractivity contribution in [1.82, 2.24) is 9.78 Å². The van der Waals surface area contributed by atoms with Gasteiger partial charge in [-0.1, -0.05) is 0 Å². The van der Waals surface area contributed by atoms with Crippen molar-refractivity contribution in [1.29, 1.82) is 0 Å².